The minimum Gasteiger partial charge on any atom is -0.325 e. The van der Waals surface area contributed by atoms with E-state index in [1.807, 2.05) is 48.8 Å². The molecule has 0 radical (unpaired) electrons. The first kappa shape index (κ1) is 15.8. The third-order valence-corrected chi connectivity index (χ3v) is 4.20. The molecule has 0 aliphatic rings. The predicted molar refractivity (Wildman–Crippen MR) is 94.1 cm³/mol. The Bertz CT molecular complexity index is 887. The first-order valence-corrected chi connectivity index (χ1v) is 7.94. The van der Waals surface area contributed by atoms with Gasteiger partial charge >= 0.3 is 0 Å². The molecule has 3 rings (SSSR count). The maximum Gasteiger partial charge on any atom is 0.226 e. The van der Waals surface area contributed by atoms with Gasteiger partial charge in [-0.2, -0.15) is 0 Å². The van der Waals surface area contributed by atoms with Gasteiger partial charge in [-0.1, -0.05) is 43.1 Å². The molecule has 0 unspecified atom stereocenters. The molecule has 0 bridgehead atoms. The molecule has 1 aromatic carbocycles. The summed E-state index contributed by atoms with van der Waals surface area (Å²) < 4.78 is 1.87. The van der Waals surface area contributed by atoms with Crippen molar-refractivity contribution in [3.63, 3.8) is 0 Å². The Kier molecular flexibility index (Phi) is 4.28. The molecule has 4 nitrogen and oxygen atoms in total. The smallest absolute Gasteiger partial charge is 0.226 e. The highest BCUT2D eigenvalue weighted by Gasteiger charge is 2.10. The van der Waals surface area contributed by atoms with Crippen LogP contribution in [0.2, 0.25) is 10.0 Å². The SMILES string of the molecule is CC(C)C(=O)Nc1ccc2nc(-c3ccc(Cl)c(Cl)c3)cn2c1. The molecule has 0 saturated heterocycles. The van der Waals surface area contributed by atoms with E-state index in [4.69, 9.17) is 23.2 Å². The minimum absolute atomic E-state index is 0.0193. The minimum atomic E-state index is -0.0692. The van der Waals surface area contributed by atoms with Gasteiger partial charge in [0.05, 0.1) is 21.4 Å². The lowest BCUT2D eigenvalue weighted by molar-refractivity contribution is -0.118. The van der Waals surface area contributed by atoms with E-state index in [0.29, 0.717) is 10.0 Å². The van der Waals surface area contributed by atoms with E-state index >= 15 is 0 Å². The second-order valence-electron chi connectivity index (χ2n) is 5.58. The lowest BCUT2D eigenvalue weighted by Crippen LogP contribution is -2.17. The van der Waals surface area contributed by atoms with Gasteiger partial charge in [0.25, 0.3) is 0 Å². The molecule has 118 valence electrons. The average molecular weight is 348 g/mol. The molecule has 0 fully saturated rings. The van der Waals surface area contributed by atoms with Crippen LogP contribution in [0.4, 0.5) is 5.69 Å². The molecule has 0 saturated carbocycles. The number of anilines is 1. The molecule has 0 spiro atoms. The number of nitrogens with zero attached hydrogens (tertiary/aromatic N) is 2. The topological polar surface area (TPSA) is 46.4 Å². The summed E-state index contributed by atoms with van der Waals surface area (Å²) in [5.41, 5.74) is 3.19. The van der Waals surface area contributed by atoms with Crippen LogP contribution < -0.4 is 5.32 Å². The van der Waals surface area contributed by atoms with Crippen LogP contribution in [0, 0.1) is 5.92 Å². The average Bonchev–Trinajstić information content (AvgIpc) is 2.93. The van der Waals surface area contributed by atoms with E-state index in [0.717, 1.165) is 22.6 Å². The summed E-state index contributed by atoms with van der Waals surface area (Å²) in [5, 5.41) is 3.88. The summed E-state index contributed by atoms with van der Waals surface area (Å²) in [6.45, 7) is 3.71. The number of hydrogen-bond donors (Lipinski definition) is 1. The molecule has 1 N–H and O–H groups in total. The summed E-state index contributed by atoms with van der Waals surface area (Å²) in [7, 11) is 0. The van der Waals surface area contributed by atoms with E-state index < -0.39 is 0 Å². The van der Waals surface area contributed by atoms with Crippen molar-refractivity contribution in [1.82, 2.24) is 9.38 Å². The Labute approximate surface area is 144 Å². The second-order valence-corrected chi connectivity index (χ2v) is 6.40. The van der Waals surface area contributed by atoms with Crippen molar-refractivity contribution in [3.8, 4) is 11.3 Å². The zero-order valence-corrected chi connectivity index (χ0v) is 14.2. The van der Waals surface area contributed by atoms with Crippen molar-refractivity contribution in [2.24, 2.45) is 5.92 Å². The van der Waals surface area contributed by atoms with Crippen LogP contribution in [-0.2, 0) is 4.79 Å². The number of imidazole rings is 1. The molecule has 2 heterocycles. The standard InChI is InChI=1S/C17H15Cl2N3O/c1-10(2)17(23)20-12-4-6-16-21-15(9-22(16)8-12)11-3-5-13(18)14(19)7-11/h3-10H,1-2H3,(H,20,23). The summed E-state index contributed by atoms with van der Waals surface area (Å²) in [6.07, 6.45) is 3.73. The molecule has 6 heteroatoms. The van der Waals surface area contributed by atoms with Crippen LogP contribution in [0.5, 0.6) is 0 Å². The quantitative estimate of drug-likeness (QED) is 0.732. The Morgan fingerprint density at radius 2 is 1.91 bits per heavy atom. The molecule has 1 amide bonds. The Morgan fingerprint density at radius 3 is 2.61 bits per heavy atom. The molecular formula is C17H15Cl2N3O. The normalized spacial score (nSPS) is 11.2. The zero-order chi connectivity index (χ0) is 16.6. The number of carbonyl (C=O) groups is 1. The number of rotatable bonds is 3. The van der Waals surface area contributed by atoms with Gasteiger partial charge in [0.15, 0.2) is 0 Å². The predicted octanol–water partition coefficient (Wildman–Crippen LogP) is 4.90. The molecule has 0 atom stereocenters. The van der Waals surface area contributed by atoms with Gasteiger partial charge < -0.3 is 9.72 Å². The van der Waals surface area contributed by atoms with E-state index in [2.05, 4.69) is 10.3 Å². The van der Waals surface area contributed by atoms with Crippen LogP contribution >= 0.6 is 23.2 Å². The van der Waals surface area contributed by atoms with E-state index in [1.54, 1.807) is 12.1 Å². The number of fused-ring (bicyclic) bond motifs is 1. The monoisotopic (exact) mass is 347 g/mol. The van der Waals surface area contributed by atoms with Gasteiger partial charge in [-0.25, -0.2) is 4.98 Å². The van der Waals surface area contributed by atoms with Crippen molar-refractivity contribution in [3.05, 3.63) is 52.8 Å². The number of carbonyl (C=O) groups excluding carboxylic acids is 1. The summed E-state index contributed by atoms with van der Waals surface area (Å²) in [6, 6.07) is 9.10. The maximum atomic E-state index is 11.8. The highest BCUT2D eigenvalue weighted by molar-refractivity contribution is 6.42. The van der Waals surface area contributed by atoms with E-state index in [-0.39, 0.29) is 11.8 Å². The van der Waals surface area contributed by atoms with Crippen LogP contribution in [0.3, 0.4) is 0 Å². The van der Waals surface area contributed by atoms with Gasteiger partial charge in [0.1, 0.15) is 5.65 Å². The number of amides is 1. The van der Waals surface area contributed by atoms with Crippen LogP contribution in [0.1, 0.15) is 13.8 Å². The van der Waals surface area contributed by atoms with Crippen molar-refractivity contribution >= 4 is 40.4 Å². The van der Waals surface area contributed by atoms with Crippen molar-refractivity contribution in [2.75, 3.05) is 5.32 Å². The summed E-state index contributed by atoms with van der Waals surface area (Å²) in [4.78, 5) is 16.3. The van der Waals surface area contributed by atoms with E-state index in [9.17, 15) is 4.79 Å². The highest BCUT2D eigenvalue weighted by Crippen LogP contribution is 2.28. The summed E-state index contributed by atoms with van der Waals surface area (Å²) in [5.74, 6) is -0.0885. The first-order chi connectivity index (χ1) is 10.9. The number of hydrogen-bond acceptors (Lipinski definition) is 2. The third-order valence-electron chi connectivity index (χ3n) is 3.46. The Morgan fingerprint density at radius 1 is 1.13 bits per heavy atom. The fourth-order valence-electron chi connectivity index (χ4n) is 2.15. The van der Waals surface area contributed by atoms with Gasteiger partial charge in [-0.3, -0.25) is 4.79 Å². The van der Waals surface area contributed by atoms with Crippen LogP contribution in [0.15, 0.2) is 42.7 Å². The number of aromatic nitrogens is 2. The molecule has 0 aliphatic carbocycles. The van der Waals surface area contributed by atoms with Crippen molar-refractivity contribution in [2.45, 2.75) is 13.8 Å². The Hall–Kier alpha value is -2.04. The molecule has 0 aliphatic heterocycles. The highest BCUT2D eigenvalue weighted by atomic mass is 35.5. The second kappa shape index (κ2) is 6.22. The van der Waals surface area contributed by atoms with Gasteiger partial charge in [0, 0.05) is 23.9 Å². The molecular weight excluding hydrogens is 333 g/mol. The van der Waals surface area contributed by atoms with Gasteiger partial charge in [-0.15, -0.1) is 0 Å². The summed E-state index contributed by atoms with van der Waals surface area (Å²) >= 11 is 12.0. The van der Waals surface area contributed by atoms with E-state index in [1.165, 1.54) is 0 Å². The number of nitrogens with one attached hydrogen (secondary N) is 1. The third kappa shape index (κ3) is 3.33. The fraction of sp³-hybridized carbons (Fsp3) is 0.176. The zero-order valence-electron chi connectivity index (χ0n) is 12.7. The molecule has 3 aromatic rings. The fourth-order valence-corrected chi connectivity index (χ4v) is 2.44. The number of benzene rings is 1. The van der Waals surface area contributed by atoms with Crippen LogP contribution in [0.25, 0.3) is 16.9 Å². The molecule has 23 heavy (non-hydrogen) atoms. The van der Waals surface area contributed by atoms with Gasteiger partial charge in [0.2, 0.25) is 5.91 Å². The Balaban J connectivity index is 1.95. The number of pyridine rings is 1. The molecule has 2 aromatic heterocycles. The first-order valence-electron chi connectivity index (χ1n) is 7.19. The maximum absolute atomic E-state index is 11.8. The van der Waals surface area contributed by atoms with Gasteiger partial charge in [-0.05, 0) is 24.3 Å². The van der Waals surface area contributed by atoms with Crippen LogP contribution in [-0.4, -0.2) is 15.3 Å². The number of halogens is 2. The largest absolute Gasteiger partial charge is 0.325 e. The van der Waals surface area contributed by atoms with Crippen molar-refractivity contribution < 1.29 is 4.79 Å². The van der Waals surface area contributed by atoms with Crippen molar-refractivity contribution in [1.29, 1.82) is 0 Å². The lowest BCUT2D eigenvalue weighted by Gasteiger charge is -2.07. The lowest BCUT2D eigenvalue weighted by atomic mass is 10.2.